The molecule has 2 aromatic heterocycles. The van der Waals surface area contributed by atoms with Crippen molar-refractivity contribution in [2.24, 2.45) is 0 Å². The van der Waals surface area contributed by atoms with Crippen molar-refractivity contribution in [3.63, 3.8) is 0 Å². The number of aromatic nitrogens is 2. The van der Waals surface area contributed by atoms with E-state index in [1.165, 1.54) is 10.4 Å². The Labute approximate surface area is 162 Å². The zero-order chi connectivity index (χ0) is 18.6. The Hall–Kier alpha value is -3.18. The lowest BCUT2D eigenvalue weighted by Crippen LogP contribution is -2.07. The normalized spacial score (nSPS) is 11.2. The average Bonchev–Trinajstić information content (AvgIpc) is 3.37. The standard InChI is InChI=1S/C22H19N3OS/c1-25(2)18-10-8-17(9-11-18)22-24-23-21(26-22)15-13-19-12-14-20(27-19)16-6-4-3-5-7-16/h3-15H,1-2H3/b15-13+. The molecule has 4 nitrogen and oxygen atoms in total. The SMILES string of the molecule is CN(C)c1ccc(-c2nnc(/C=C/c3ccc(-c4ccccc4)s3)o2)cc1. The first-order valence-electron chi connectivity index (χ1n) is 8.64. The van der Waals surface area contributed by atoms with E-state index in [9.17, 15) is 0 Å². The van der Waals surface area contributed by atoms with Crippen molar-refractivity contribution in [2.75, 3.05) is 19.0 Å². The van der Waals surface area contributed by atoms with Crippen LogP contribution in [-0.2, 0) is 0 Å². The highest BCUT2D eigenvalue weighted by atomic mass is 32.1. The number of hydrogen-bond donors (Lipinski definition) is 0. The third kappa shape index (κ3) is 3.99. The van der Waals surface area contributed by atoms with E-state index in [1.807, 2.05) is 56.6 Å². The lowest BCUT2D eigenvalue weighted by Gasteiger charge is -2.11. The van der Waals surface area contributed by atoms with Gasteiger partial charge in [0.15, 0.2) is 0 Å². The van der Waals surface area contributed by atoms with Crippen LogP contribution in [0.4, 0.5) is 5.69 Å². The molecule has 0 aliphatic heterocycles. The van der Waals surface area contributed by atoms with E-state index in [-0.39, 0.29) is 0 Å². The van der Waals surface area contributed by atoms with Gasteiger partial charge in [0, 0.05) is 41.2 Å². The summed E-state index contributed by atoms with van der Waals surface area (Å²) < 4.78 is 5.77. The molecule has 27 heavy (non-hydrogen) atoms. The van der Waals surface area contributed by atoms with Crippen LogP contribution in [0.5, 0.6) is 0 Å². The first kappa shape index (κ1) is 17.2. The zero-order valence-corrected chi connectivity index (χ0v) is 16.0. The lowest BCUT2D eigenvalue weighted by atomic mass is 10.2. The first-order chi connectivity index (χ1) is 13.2. The fourth-order valence-corrected chi connectivity index (χ4v) is 3.59. The van der Waals surface area contributed by atoms with Crippen molar-refractivity contribution in [3.8, 4) is 21.9 Å². The van der Waals surface area contributed by atoms with Gasteiger partial charge < -0.3 is 9.32 Å². The maximum Gasteiger partial charge on any atom is 0.248 e. The average molecular weight is 373 g/mol. The zero-order valence-electron chi connectivity index (χ0n) is 15.2. The molecule has 4 aromatic rings. The summed E-state index contributed by atoms with van der Waals surface area (Å²) in [5, 5.41) is 8.27. The van der Waals surface area contributed by atoms with Crippen molar-refractivity contribution in [1.29, 1.82) is 0 Å². The molecule has 134 valence electrons. The van der Waals surface area contributed by atoms with E-state index in [4.69, 9.17) is 4.42 Å². The quantitative estimate of drug-likeness (QED) is 0.450. The van der Waals surface area contributed by atoms with E-state index in [1.54, 1.807) is 11.3 Å². The minimum absolute atomic E-state index is 0.497. The molecule has 0 aliphatic rings. The van der Waals surface area contributed by atoms with Crippen LogP contribution in [0.2, 0.25) is 0 Å². The van der Waals surface area contributed by atoms with Gasteiger partial charge in [0.1, 0.15) is 0 Å². The van der Waals surface area contributed by atoms with Gasteiger partial charge in [-0.2, -0.15) is 0 Å². The van der Waals surface area contributed by atoms with Gasteiger partial charge in [-0.1, -0.05) is 30.3 Å². The summed E-state index contributed by atoms with van der Waals surface area (Å²) in [6.45, 7) is 0. The Balaban J connectivity index is 1.48. The van der Waals surface area contributed by atoms with Gasteiger partial charge in [-0.3, -0.25) is 0 Å². The smallest absolute Gasteiger partial charge is 0.248 e. The Morgan fingerprint density at radius 1 is 0.815 bits per heavy atom. The fourth-order valence-electron chi connectivity index (χ4n) is 2.67. The van der Waals surface area contributed by atoms with Gasteiger partial charge in [-0.15, -0.1) is 21.5 Å². The molecule has 0 saturated heterocycles. The third-order valence-corrected chi connectivity index (χ3v) is 5.25. The molecular weight excluding hydrogens is 354 g/mol. The molecule has 0 N–H and O–H groups in total. The molecule has 5 heteroatoms. The van der Waals surface area contributed by atoms with E-state index in [2.05, 4.69) is 51.5 Å². The number of thiophene rings is 1. The summed E-state index contributed by atoms with van der Waals surface area (Å²) >= 11 is 1.73. The highest BCUT2D eigenvalue weighted by Gasteiger charge is 2.07. The van der Waals surface area contributed by atoms with E-state index >= 15 is 0 Å². The summed E-state index contributed by atoms with van der Waals surface area (Å²) in [5.41, 5.74) is 3.27. The predicted molar refractivity (Wildman–Crippen MR) is 113 cm³/mol. The van der Waals surface area contributed by atoms with Gasteiger partial charge in [0.2, 0.25) is 11.8 Å². The van der Waals surface area contributed by atoms with Crippen LogP contribution in [0.15, 0.2) is 71.1 Å². The molecule has 0 aliphatic carbocycles. The second-order valence-electron chi connectivity index (χ2n) is 6.29. The molecular formula is C22H19N3OS. The molecule has 2 heterocycles. The lowest BCUT2D eigenvalue weighted by molar-refractivity contribution is 0.558. The fraction of sp³-hybridized carbons (Fsp3) is 0.0909. The van der Waals surface area contributed by atoms with Crippen LogP contribution in [0.3, 0.4) is 0 Å². The number of hydrogen-bond acceptors (Lipinski definition) is 5. The number of rotatable bonds is 5. The monoisotopic (exact) mass is 373 g/mol. The van der Waals surface area contributed by atoms with Crippen molar-refractivity contribution < 1.29 is 4.42 Å². The van der Waals surface area contributed by atoms with Crippen molar-refractivity contribution in [3.05, 3.63) is 77.5 Å². The second-order valence-corrected chi connectivity index (χ2v) is 7.40. The van der Waals surface area contributed by atoms with Gasteiger partial charge in [0.05, 0.1) is 0 Å². The molecule has 2 aromatic carbocycles. The van der Waals surface area contributed by atoms with Crippen LogP contribution in [0, 0.1) is 0 Å². The van der Waals surface area contributed by atoms with Gasteiger partial charge >= 0.3 is 0 Å². The molecule has 0 spiro atoms. The number of anilines is 1. The highest BCUT2D eigenvalue weighted by molar-refractivity contribution is 7.16. The summed E-state index contributed by atoms with van der Waals surface area (Å²) in [4.78, 5) is 4.43. The Morgan fingerprint density at radius 2 is 1.59 bits per heavy atom. The van der Waals surface area contributed by atoms with E-state index in [0.29, 0.717) is 11.8 Å². The molecule has 0 bridgehead atoms. The Morgan fingerprint density at radius 3 is 2.33 bits per heavy atom. The molecule has 4 rings (SSSR count). The molecule has 0 unspecified atom stereocenters. The molecule has 0 atom stereocenters. The largest absolute Gasteiger partial charge is 0.417 e. The molecule has 0 saturated carbocycles. The molecule has 0 fully saturated rings. The highest BCUT2D eigenvalue weighted by Crippen LogP contribution is 2.29. The predicted octanol–water partition coefficient (Wildman–Crippen LogP) is 5.70. The summed E-state index contributed by atoms with van der Waals surface area (Å²) in [5.74, 6) is 1.02. The molecule has 0 amide bonds. The van der Waals surface area contributed by atoms with E-state index < -0.39 is 0 Å². The van der Waals surface area contributed by atoms with E-state index in [0.717, 1.165) is 16.1 Å². The minimum atomic E-state index is 0.497. The number of nitrogens with zero attached hydrogens (tertiary/aromatic N) is 3. The van der Waals surface area contributed by atoms with Crippen LogP contribution in [-0.4, -0.2) is 24.3 Å². The second kappa shape index (κ2) is 7.60. The van der Waals surface area contributed by atoms with Crippen LogP contribution in [0.25, 0.3) is 34.0 Å². The first-order valence-corrected chi connectivity index (χ1v) is 9.45. The topological polar surface area (TPSA) is 42.2 Å². The van der Waals surface area contributed by atoms with Crippen LogP contribution < -0.4 is 4.90 Å². The van der Waals surface area contributed by atoms with Crippen molar-refractivity contribution >= 4 is 29.2 Å². The number of benzene rings is 2. The third-order valence-electron chi connectivity index (χ3n) is 4.15. The maximum absolute atomic E-state index is 5.77. The molecule has 0 radical (unpaired) electrons. The van der Waals surface area contributed by atoms with Gasteiger partial charge in [-0.05, 0) is 48.0 Å². The Bertz CT molecular complexity index is 1050. The van der Waals surface area contributed by atoms with Crippen LogP contribution in [0.1, 0.15) is 10.8 Å². The maximum atomic E-state index is 5.77. The van der Waals surface area contributed by atoms with Crippen LogP contribution >= 0.6 is 11.3 Å². The van der Waals surface area contributed by atoms with Crippen molar-refractivity contribution in [1.82, 2.24) is 10.2 Å². The summed E-state index contributed by atoms with van der Waals surface area (Å²) in [6, 6.07) is 22.6. The Kier molecular flexibility index (Phi) is 4.85. The van der Waals surface area contributed by atoms with Gasteiger partial charge in [-0.25, -0.2) is 0 Å². The minimum Gasteiger partial charge on any atom is -0.417 e. The summed E-state index contributed by atoms with van der Waals surface area (Å²) in [6.07, 6.45) is 3.86. The van der Waals surface area contributed by atoms with Crippen molar-refractivity contribution in [2.45, 2.75) is 0 Å². The summed E-state index contributed by atoms with van der Waals surface area (Å²) in [7, 11) is 4.02. The van der Waals surface area contributed by atoms with Gasteiger partial charge in [0.25, 0.3) is 0 Å².